The molecule has 1 N–H and O–H groups in total. The van der Waals surface area contributed by atoms with Gasteiger partial charge < -0.3 is 5.32 Å². The maximum atomic E-state index is 4.25. The lowest BCUT2D eigenvalue weighted by Gasteiger charge is -2.16. The van der Waals surface area contributed by atoms with Crippen LogP contribution in [-0.2, 0) is 6.42 Å². The van der Waals surface area contributed by atoms with Gasteiger partial charge in [0.1, 0.15) is 0 Å². The van der Waals surface area contributed by atoms with Crippen LogP contribution >= 0.6 is 0 Å². The quantitative estimate of drug-likeness (QED) is 0.794. The Bertz CT molecular complexity index is 331. The van der Waals surface area contributed by atoms with Gasteiger partial charge in [0.2, 0.25) is 0 Å². The van der Waals surface area contributed by atoms with E-state index in [2.05, 4.69) is 30.2 Å². The fourth-order valence-corrected chi connectivity index (χ4v) is 2.34. The zero-order chi connectivity index (χ0) is 11.4. The van der Waals surface area contributed by atoms with E-state index >= 15 is 0 Å². The van der Waals surface area contributed by atoms with Gasteiger partial charge in [-0.3, -0.25) is 4.98 Å². The number of pyridine rings is 1. The van der Waals surface area contributed by atoms with Crippen molar-refractivity contribution in [3.05, 3.63) is 29.6 Å². The molecule has 1 fully saturated rings. The van der Waals surface area contributed by atoms with E-state index in [1.807, 2.05) is 12.4 Å². The summed E-state index contributed by atoms with van der Waals surface area (Å²) in [5.74, 6) is 0.942. The lowest BCUT2D eigenvalue weighted by molar-refractivity contribution is 0.446. The Morgan fingerprint density at radius 2 is 2.25 bits per heavy atom. The third kappa shape index (κ3) is 3.31. The fraction of sp³-hybridized carbons (Fsp3) is 0.643. The Labute approximate surface area is 98.5 Å². The molecule has 0 amide bonds. The molecule has 1 saturated carbocycles. The molecule has 1 aliphatic carbocycles. The van der Waals surface area contributed by atoms with Crippen molar-refractivity contribution in [2.45, 2.75) is 45.6 Å². The molecule has 16 heavy (non-hydrogen) atoms. The highest BCUT2D eigenvalue weighted by atomic mass is 14.9. The molecule has 0 aromatic carbocycles. The number of aryl methyl sites for hydroxylation is 2. The molecular weight excluding hydrogens is 196 g/mol. The number of aromatic nitrogens is 1. The first kappa shape index (κ1) is 11.6. The number of hydrogen-bond acceptors (Lipinski definition) is 2. The molecule has 0 saturated heterocycles. The van der Waals surface area contributed by atoms with Gasteiger partial charge in [-0.25, -0.2) is 0 Å². The summed E-state index contributed by atoms with van der Waals surface area (Å²) < 4.78 is 0. The van der Waals surface area contributed by atoms with Crippen LogP contribution in [0.2, 0.25) is 0 Å². The minimum absolute atomic E-state index is 0.727. The second kappa shape index (κ2) is 5.44. The van der Waals surface area contributed by atoms with Crippen LogP contribution in [0, 0.1) is 12.8 Å². The highest BCUT2D eigenvalue weighted by Gasteiger charge is 2.29. The summed E-state index contributed by atoms with van der Waals surface area (Å²) >= 11 is 0. The number of hydrogen-bond donors (Lipinski definition) is 1. The van der Waals surface area contributed by atoms with Crippen molar-refractivity contribution in [2.24, 2.45) is 5.92 Å². The third-order valence-electron chi connectivity index (χ3n) is 3.33. The van der Waals surface area contributed by atoms with Crippen molar-refractivity contribution in [3.8, 4) is 0 Å². The van der Waals surface area contributed by atoms with Crippen molar-refractivity contribution in [1.29, 1.82) is 0 Å². The SMILES string of the molecule is CCNC(CCc1cncc(C)c1)C1CC1. The topological polar surface area (TPSA) is 24.9 Å². The van der Waals surface area contributed by atoms with Crippen molar-refractivity contribution in [1.82, 2.24) is 10.3 Å². The smallest absolute Gasteiger partial charge is 0.0300 e. The molecule has 2 nitrogen and oxygen atoms in total. The van der Waals surface area contributed by atoms with Crippen LogP contribution in [0.25, 0.3) is 0 Å². The molecule has 1 aromatic heterocycles. The van der Waals surface area contributed by atoms with E-state index in [9.17, 15) is 0 Å². The van der Waals surface area contributed by atoms with E-state index in [-0.39, 0.29) is 0 Å². The van der Waals surface area contributed by atoms with Gasteiger partial charge >= 0.3 is 0 Å². The van der Waals surface area contributed by atoms with E-state index in [1.54, 1.807) is 0 Å². The van der Waals surface area contributed by atoms with Crippen molar-refractivity contribution in [2.75, 3.05) is 6.54 Å². The maximum Gasteiger partial charge on any atom is 0.0300 e. The lowest BCUT2D eigenvalue weighted by atomic mass is 10.0. The average molecular weight is 218 g/mol. The minimum Gasteiger partial charge on any atom is -0.314 e. The molecule has 2 heteroatoms. The van der Waals surface area contributed by atoms with Gasteiger partial charge in [0.15, 0.2) is 0 Å². The largest absolute Gasteiger partial charge is 0.314 e. The normalized spacial score (nSPS) is 17.4. The summed E-state index contributed by atoms with van der Waals surface area (Å²) in [6.45, 7) is 5.40. The van der Waals surface area contributed by atoms with Crippen LogP contribution in [0.4, 0.5) is 0 Å². The summed E-state index contributed by atoms with van der Waals surface area (Å²) in [5.41, 5.74) is 2.65. The Morgan fingerprint density at radius 1 is 1.44 bits per heavy atom. The minimum atomic E-state index is 0.727. The Kier molecular flexibility index (Phi) is 3.94. The molecule has 2 rings (SSSR count). The second-order valence-corrected chi connectivity index (χ2v) is 4.91. The van der Waals surface area contributed by atoms with Crippen LogP contribution < -0.4 is 5.32 Å². The monoisotopic (exact) mass is 218 g/mol. The summed E-state index contributed by atoms with van der Waals surface area (Å²) in [6.07, 6.45) is 9.18. The van der Waals surface area contributed by atoms with Gasteiger partial charge in [-0.15, -0.1) is 0 Å². The van der Waals surface area contributed by atoms with E-state index in [1.165, 1.54) is 30.4 Å². The lowest BCUT2D eigenvalue weighted by Crippen LogP contribution is -2.31. The first-order chi connectivity index (χ1) is 7.79. The molecule has 0 spiro atoms. The summed E-state index contributed by atoms with van der Waals surface area (Å²) in [4.78, 5) is 4.25. The Morgan fingerprint density at radius 3 is 2.88 bits per heavy atom. The molecule has 1 atom stereocenters. The van der Waals surface area contributed by atoms with Crippen LogP contribution in [0.15, 0.2) is 18.5 Å². The zero-order valence-corrected chi connectivity index (χ0v) is 10.4. The van der Waals surface area contributed by atoms with Crippen molar-refractivity contribution < 1.29 is 0 Å². The number of nitrogens with zero attached hydrogens (tertiary/aromatic N) is 1. The van der Waals surface area contributed by atoms with Gasteiger partial charge in [0, 0.05) is 18.4 Å². The van der Waals surface area contributed by atoms with E-state index in [0.29, 0.717) is 0 Å². The maximum absolute atomic E-state index is 4.25. The molecule has 1 unspecified atom stereocenters. The molecule has 0 aliphatic heterocycles. The third-order valence-corrected chi connectivity index (χ3v) is 3.33. The Balaban J connectivity index is 1.85. The standard InChI is InChI=1S/C14H22N2/c1-3-16-14(13-5-6-13)7-4-12-8-11(2)9-15-10-12/h8-10,13-14,16H,3-7H2,1-2H3. The highest BCUT2D eigenvalue weighted by Crippen LogP contribution is 2.34. The van der Waals surface area contributed by atoms with E-state index < -0.39 is 0 Å². The molecule has 1 heterocycles. The molecule has 0 bridgehead atoms. The average Bonchev–Trinajstić information content (AvgIpc) is 3.08. The first-order valence-corrected chi connectivity index (χ1v) is 6.43. The molecule has 0 radical (unpaired) electrons. The van der Waals surface area contributed by atoms with Gasteiger partial charge in [-0.2, -0.15) is 0 Å². The van der Waals surface area contributed by atoms with Gasteiger partial charge in [0.25, 0.3) is 0 Å². The van der Waals surface area contributed by atoms with Crippen LogP contribution in [0.3, 0.4) is 0 Å². The predicted octanol–water partition coefficient (Wildman–Crippen LogP) is 2.71. The van der Waals surface area contributed by atoms with Gasteiger partial charge in [0.05, 0.1) is 0 Å². The molecule has 1 aliphatic rings. The fourth-order valence-electron chi connectivity index (χ4n) is 2.34. The van der Waals surface area contributed by atoms with E-state index in [4.69, 9.17) is 0 Å². The van der Waals surface area contributed by atoms with Crippen LogP contribution in [0.1, 0.15) is 37.3 Å². The van der Waals surface area contributed by atoms with Gasteiger partial charge in [-0.05, 0) is 56.2 Å². The van der Waals surface area contributed by atoms with Crippen molar-refractivity contribution >= 4 is 0 Å². The van der Waals surface area contributed by atoms with Crippen molar-refractivity contribution in [3.63, 3.8) is 0 Å². The van der Waals surface area contributed by atoms with Crippen LogP contribution in [0.5, 0.6) is 0 Å². The van der Waals surface area contributed by atoms with E-state index in [0.717, 1.165) is 24.9 Å². The molecular formula is C14H22N2. The summed E-state index contributed by atoms with van der Waals surface area (Å²) in [5, 5.41) is 3.61. The second-order valence-electron chi connectivity index (χ2n) is 4.91. The van der Waals surface area contributed by atoms with Crippen LogP contribution in [-0.4, -0.2) is 17.6 Å². The first-order valence-electron chi connectivity index (χ1n) is 6.43. The predicted molar refractivity (Wildman–Crippen MR) is 67.5 cm³/mol. The number of nitrogens with one attached hydrogen (secondary N) is 1. The Hall–Kier alpha value is -0.890. The number of rotatable bonds is 6. The highest BCUT2D eigenvalue weighted by molar-refractivity contribution is 5.16. The molecule has 88 valence electrons. The summed E-state index contributed by atoms with van der Waals surface area (Å²) in [7, 11) is 0. The summed E-state index contributed by atoms with van der Waals surface area (Å²) in [6, 6.07) is 2.98. The molecule has 1 aromatic rings. The zero-order valence-electron chi connectivity index (χ0n) is 10.4. The van der Waals surface area contributed by atoms with Gasteiger partial charge in [-0.1, -0.05) is 13.0 Å².